The Balaban J connectivity index is 4.23. The van der Waals surface area contributed by atoms with E-state index < -0.39 is 5.41 Å². The van der Waals surface area contributed by atoms with E-state index in [1.165, 1.54) is 25.7 Å². The summed E-state index contributed by atoms with van der Waals surface area (Å²) in [6.07, 6.45) is 33.5. The molecule has 0 fully saturated rings. The summed E-state index contributed by atoms with van der Waals surface area (Å²) >= 11 is 0. The Morgan fingerprint density at radius 3 is 1.74 bits per heavy atom. The van der Waals surface area contributed by atoms with E-state index in [0.29, 0.717) is 12.8 Å². The van der Waals surface area contributed by atoms with E-state index >= 15 is 0 Å². The maximum Gasteiger partial charge on any atom is 0.313 e. The van der Waals surface area contributed by atoms with Gasteiger partial charge in [0.15, 0.2) is 0 Å². The van der Waals surface area contributed by atoms with Gasteiger partial charge in [-0.05, 0) is 57.8 Å². The topological polar surface area (TPSA) is 26.3 Å². The molecule has 0 aliphatic heterocycles. The van der Waals surface area contributed by atoms with E-state index in [2.05, 4.69) is 75.3 Å². The Labute approximate surface area is 191 Å². The minimum Gasteiger partial charge on any atom is -0.461 e. The molecule has 0 aliphatic carbocycles. The zero-order valence-corrected chi connectivity index (χ0v) is 19.8. The molecule has 0 aliphatic rings. The van der Waals surface area contributed by atoms with Crippen LogP contribution in [0.15, 0.2) is 86.6 Å². The molecule has 2 nitrogen and oxygen atoms in total. The van der Waals surface area contributed by atoms with Crippen molar-refractivity contribution in [3.05, 3.63) is 86.6 Å². The first-order valence-electron chi connectivity index (χ1n) is 11.8. The van der Waals surface area contributed by atoms with E-state index in [9.17, 15) is 4.79 Å². The molecular formula is C29H44O2. The number of carbonyl (C=O) groups excluding carboxylic acids is 1. The van der Waals surface area contributed by atoms with Gasteiger partial charge in [0.1, 0.15) is 6.61 Å². The Hall–Kier alpha value is -2.35. The molecule has 2 heteroatoms. The van der Waals surface area contributed by atoms with E-state index in [0.717, 1.165) is 32.1 Å². The van der Waals surface area contributed by atoms with Gasteiger partial charge >= 0.3 is 5.97 Å². The van der Waals surface area contributed by atoms with E-state index in [1.54, 1.807) is 18.2 Å². The van der Waals surface area contributed by atoms with E-state index in [-0.39, 0.29) is 12.6 Å². The van der Waals surface area contributed by atoms with Crippen molar-refractivity contribution in [3.63, 3.8) is 0 Å². The molecule has 0 radical (unpaired) electrons. The van der Waals surface area contributed by atoms with Crippen molar-refractivity contribution in [2.75, 3.05) is 6.61 Å². The molecule has 0 N–H and O–H groups in total. The molecule has 0 aromatic heterocycles. The van der Waals surface area contributed by atoms with Crippen LogP contribution in [0.2, 0.25) is 0 Å². The van der Waals surface area contributed by atoms with E-state index in [1.807, 2.05) is 0 Å². The number of hydrogen-bond acceptors (Lipinski definition) is 2. The van der Waals surface area contributed by atoms with Crippen molar-refractivity contribution in [2.45, 2.75) is 77.6 Å². The number of hydrogen-bond donors (Lipinski definition) is 0. The SMILES string of the molecule is C=CCOC(=O)C(CC=C)(CC=C)CC/C=C\C/C=C\C/C=C\C/C=C\CCCCC. The van der Waals surface area contributed by atoms with Crippen molar-refractivity contribution >= 4 is 5.97 Å². The lowest BCUT2D eigenvalue weighted by Crippen LogP contribution is -2.32. The number of esters is 1. The highest BCUT2D eigenvalue weighted by Crippen LogP contribution is 2.35. The maximum absolute atomic E-state index is 12.6. The summed E-state index contributed by atoms with van der Waals surface area (Å²) < 4.78 is 5.34. The molecule has 0 saturated carbocycles. The standard InChI is InChI=1S/C29H44O2/c1-5-9-10-11-12-13-14-15-16-17-18-19-20-21-22-23-26-29(24-6-2,25-7-3)28(30)31-27-8-4/h6-8,12-13,15-16,18-19,21-22H,2-5,9-11,14,17,20,23-27H2,1H3/b13-12-,16-15-,19-18-,22-21-. The summed E-state index contributed by atoms with van der Waals surface area (Å²) in [6.45, 7) is 13.7. The summed E-state index contributed by atoms with van der Waals surface area (Å²) in [4.78, 5) is 12.6. The molecule has 0 rings (SSSR count). The Bertz CT molecular complexity index is 594. The summed E-state index contributed by atoms with van der Waals surface area (Å²) in [6, 6.07) is 0. The third kappa shape index (κ3) is 15.2. The number of allylic oxidation sites excluding steroid dienone is 10. The lowest BCUT2D eigenvalue weighted by atomic mass is 9.77. The van der Waals surface area contributed by atoms with Gasteiger partial charge in [0.05, 0.1) is 5.41 Å². The lowest BCUT2D eigenvalue weighted by Gasteiger charge is -2.29. The Kier molecular flexibility index (Phi) is 19.3. The molecular weight excluding hydrogens is 380 g/mol. The van der Waals surface area contributed by atoms with Crippen LogP contribution in [-0.2, 0) is 9.53 Å². The van der Waals surface area contributed by atoms with Gasteiger partial charge in [-0.15, -0.1) is 13.2 Å². The van der Waals surface area contributed by atoms with Gasteiger partial charge in [0.2, 0.25) is 0 Å². The molecule has 0 heterocycles. The monoisotopic (exact) mass is 424 g/mol. The second-order valence-electron chi connectivity index (χ2n) is 7.78. The molecule has 0 unspecified atom stereocenters. The van der Waals surface area contributed by atoms with Gasteiger partial charge in [-0.1, -0.05) is 93.2 Å². The molecule has 0 aromatic rings. The van der Waals surface area contributed by atoms with Gasteiger partial charge in [-0.25, -0.2) is 0 Å². The van der Waals surface area contributed by atoms with Crippen LogP contribution >= 0.6 is 0 Å². The van der Waals surface area contributed by atoms with Crippen LogP contribution in [0.4, 0.5) is 0 Å². The molecule has 172 valence electrons. The van der Waals surface area contributed by atoms with Crippen molar-refractivity contribution in [3.8, 4) is 0 Å². The van der Waals surface area contributed by atoms with Crippen LogP contribution in [0.5, 0.6) is 0 Å². The second kappa shape index (κ2) is 20.9. The Morgan fingerprint density at radius 1 is 0.742 bits per heavy atom. The third-order valence-electron chi connectivity index (χ3n) is 5.08. The number of ether oxygens (including phenoxy) is 1. The first kappa shape index (κ1) is 28.6. The zero-order valence-electron chi connectivity index (χ0n) is 19.8. The van der Waals surface area contributed by atoms with Crippen LogP contribution in [0.3, 0.4) is 0 Å². The lowest BCUT2D eigenvalue weighted by molar-refractivity contribution is -0.154. The average Bonchev–Trinajstić information content (AvgIpc) is 2.77. The van der Waals surface area contributed by atoms with Crippen LogP contribution in [-0.4, -0.2) is 12.6 Å². The Morgan fingerprint density at radius 2 is 1.26 bits per heavy atom. The summed E-state index contributed by atoms with van der Waals surface area (Å²) in [5.41, 5.74) is -0.581. The minimum absolute atomic E-state index is 0.192. The van der Waals surface area contributed by atoms with E-state index in [4.69, 9.17) is 4.74 Å². The minimum atomic E-state index is -0.581. The average molecular weight is 425 g/mol. The number of carbonyl (C=O) groups is 1. The first-order chi connectivity index (χ1) is 15.2. The van der Waals surface area contributed by atoms with Gasteiger partial charge < -0.3 is 4.74 Å². The van der Waals surface area contributed by atoms with Gasteiger partial charge in [0.25, 0.3) is 0 Å². The predicted molar refractivity (Wildman–Crippen MR) is 137 cm³/mol. The molecule has 0 spiro atoms. The largest absolute Gasteiger partial charge is 0.461 e. The highest BCUT2D eigenvalue weighted by atomic mass is 16.5. The van der Waals surface area contributed by atoms with Crippen molar-refractivity contribution in [1.82, 2.24) is 0 Å². The van der Waals surface area contributed by atoms with Crippen molar-refractivity contribution in [1.29, 1.82) is 0 Å². The van der Waals surface area contributed by atoms with Crippen molar-refractivity contribution in [2.24, 2.45) is 5.41 Å². The highest BCUT2D eigenvalue weighted by molar-refractivity contribution is 5.77. The fourth-order valence-electron chi connectivity index (χ4n) is 3.32. The van der Waals surface area contributed by atoms with Crippen LogP contribution in [0, 0.1) is 5.41 Å². The second-order valence-corrected chi connectivity index (χ2v) is 7.78. The van der Waals surface area contributed by atoms with Gasteiger partial charge in [-0.2, -0.15) is 0 Å². The van der Waals surface area contributed by atoms with Crippen LogP contribution in [0.1, 0.15) is 77.6 Å². The smallest absolute Gasteiger partial charge is 0.313 e. The van der Waals surface area contributed by atoms with Crippen LogP contribution < -0.4 is 0 Å². The van der Waals surface area contributed by atoms with Crippen LogP contribution in [0.25, 0.3) is 0 Å². The fourth-order valence-corrected chi connectivity index (χ4v) is 3.32. The quantitative estimate of drug-likeness (QED) is 0.111. The first-order valence-corrected chi connectivity index (χ1v) is 11.8. The predicted octanol–water partition coefficient (Wildman–Crippen LogP) is 8.61. The number of unbranched alkanes of at least 4 members (excludes halogenated alkanes) is 3. The molecule has 0 bridgehead atoms. The molecule has 0 atom stereocenters. The number of rotatable bonds is 20. The summed E-state index contributed by atoms with van der Waals surface area (Å²) in [5.74, 6) is -0.192. The van der Waals surface area contributed by atoms with Crippen molar-refractivity contribution < 1.29 is 9.53 Å². The highest BCUT2D eigenvalue weighted by Gasteiger charge is 2.36. The normalized spacial score (nSPS) is 12.3. The zero-order chi connectivity index (χ0) is 23.0. The molecule has 0 amide bonds. The molecule has 0 aromatic carbocycles. The summed E-state index contributed by atoms with van der Waals surface area (Å²) in [7, 11) is 0. The molecule has 0 saturated heterocycles. The maximum atomic E-state index is 12.6. The summed E-state index contributed by atoms with van der Waals surface area (Å²) in [5, 5.41) is 0. The van der Waals surface area contributed by atoms with Gasteiger partial charge in [0, 0.05) is 0 Å². The third-order valence-corrected chi connectivity index (χ3v) is 5.08. The molecule has 31 heavy (non-hydrogen) atoms. The fraction of sp³-hybridized carbons (Fsp3) is 0.483. The van der Waals surface area contributed by atoms with Gasteiger partial charge in [-0.3, -0.25) is 4.79 Å².